The van der Waals surface area contributed by atoms with Crippen LogP contribution < -0.4 is 11.1 Å². The molecule has 1 amide bonds. The van der Waals surface area contributed by atoms with E-state index < -0.39 is 0 Å². The summed E-state index contributed by atoms with van der Waals surface area (Å²) in [7, 11) is 0. The molecule has 0 fully saturated rings. The van der Waals surface area contributed by atoms with Crippen molar-refractivity contribution >= 4 is 17.4 Å². The molecule has 0 aromatic carbocycles. The molecule has 0 spiro atoms. The van der Waals surface area contributed by atoms with Crippen molar-refractivity contribution in [3.05, 3.63) is 47.9 Å². The average Bonchev–Trinajstić information content (AvgIpc) is 2.32. The van der Waals surface area contributed by atoms with Gasteiger partial charge < -0.3 is 11.1 Å². The van der Waals surface area contributed by atoms with Crippen LogP contribution in [0.5, 0.6) is 0 Å². The van der Waals surface area contributed by atoms with Crippen molar-refractivity contribution in [2.24, 2.45) is 0 Å². The predicted octanol–water partition coefficient (Wildman–Crippen LogP) is 1.62. The van der Waals surface area contributed by atoms with Crippen LogP contribution in [0, 0.1) is 6.92 Å². The first-order chi connectivity index (χ1) is 8.16. The van der Waals surface area contributed by atoms with E-state index in [0.29, 0.717) is 22.8 Å². The zero-order valence-corrected chi connectivity index (χ0v) is 9.34. The number of hydrogen-bond donors (Lipinski definition) is 2. The lowest BCUT2D eigenvalue weighted by atomic mass is 10.2. The van der Waals surface area contributed by atoms with E-state index in [1.165, 1.54) is 6.20 Å². The van der Waals surface area contributed by atoms with E-state index >= 15 is 0 Å². The molecule has 0 aliphatic heterocycles. The van der Waals surface area contributed by atoms with Gasteiger partial charge in [0.2, 0.25) is 0 Å². The van der Waals surface area contributed by atoms with E-state index in [4.69, 9.17) is 5.73 Å². The molecule has 0 aliphatic carbocycles. The summed E-state index contributed by atoms with van der Waals surface area (Å²) in [5, 5.41) is 2.68. The van der Waals surface area contributed by atoms with Gasteiger partial charge in [-0.25, -0.2) is 4.98 Å². The second-order valence-electron chi connectivity index (χ2n) is 3.57. The summed E-state index contributed by atoms with van der Waals surface area (Å²) in [6, 6.07) is 6.77. The van der Waals surface area contributed by atoms with Gasteiger partial charge in [-0.15, -0.1) is 0 Å². The standard InChI is InChI=1S/C12H12N4O/c1-8-10(3-2-6-14-8)12(17)16-11-5-4-9(13)7-15-11/h2-7H,13H2,1H3,(H,15,16,17). The molecule has 0 saturated carbocycles. The number of carbonyl (C=O) groups excluding carboxylic acids is 1. The van der Waals surface area contributed by atoms with Crippen LogP contribution in [0.2, 0.25) is 0 Å². The predicted molar refractivity (Wildman–Crippen MR) is 65.6 cm³/mol. The minimum atomic E-state index is -0.229. The molecule has 2 rings (SSSR count). The van der Waals surface area contributed by atoms with E-state index in [2.05, 4.69) is 15.3 Å². The maximum Gasteiger partial charge on any atom is 0.258 e. The van der Waals surface area contributed by atoms with Gasteiger partial charge in [0.15, 0.2) is 0 Å². The Morgan fingerprint density at radius 1 is 1.29 bits per heavy atom. The SMILES string of the molecule is Cc1ncccc1C(=O)Nc1ccc(N)cn1. The summed E-state index contributed by atoms with van der Waals surface area (Å²) >= 11 is 0. The molecule has 0 radical (unpaired) electrons. The first-order valence-electron chi connectivity index (χ1n) is 5.11. The smallest absolute Gasteiger partial charge is 0.258 e. The highest BCUT2D eigenvalue weighted by atomic mass is 16.1. The fourth-order valence-electron chi connectivity index (χ4n) is 1.39. The summed E-state index contributed by atoms with van der Waals surface area (Å²) in [5.74, 6) is 0.236. The largest absolute Gasteiger partial charge is 0.397 e. The number of anilines is 2. The lowest BCUT2D eigenvalue weighted by Crippen LogP contribution is -2.14. The lowest BCUT2D eigenvalue weighted by molar-refractivity contribution is 0.102. The van der Waals surface area contributed by atoms with Crippen LogP contribution in [0.4, 0.5) is 11.5 Å². The van der Waals surface area contributed by atoms with Crippen molar-refractivity contribution in [2.75, 3.05) is 11.1 Å². The number of rotatable bonds is 2. The first kappa shape index (κ1) is 11.1. The van der Waals surface area contributed by atoms with Crippen LogP contribution >= 0.6 is 0 Å². The second-order valence-corrected chi connectivity index (χ2v) is 3.57. The van der Waals surface area contributed by atoms with E-state index in [0.717, 1.165) is 0 Å². The monoisotopic (exact) mass is 228 g/mol. The summed E-state index contributed by atoms with van der Waals surface area (Å²) in [6.45, 7) is 1.78. The van der Waals surface area contributed by atoms with Gasteiger partial charge in [0, 0.05) is 11.9 Å². The van der Waals surface area contributed by atoms with Gasteiger partial charge in [-0.1, -0.05) is 0 Å². The Kier molecular flexibility index (Phi) is 3.00. The Bertz CT molecular complexity index is 536. The molecule has 0 unspecified atom stereocenters. The van der Waals surface area contributed by atoms with Gasteiger partial charge >= 0.3 is 0 Å². The van der Waals surface area contributed by atoms with Crippen LogP contribution in [0.15, 0.2) is 36.7 Å². The summed E-state index contributed by atoms with van der Waals surface area (Å²) in [6.07, 6.45) is 3.14. The number of nitrogens with two attached hydrogens (primary N) is 1. The molecule has 0 saturated heterocycles. The maximum absolute atomic E-state index is 11.9. The Hall–Kier alpha value is -2.43. The van der Waals surface area contributed by atoms with Crippen molar-refractivity contribution in [1.29, 1.82) is 0 Å². The van der Waals surface area contributed by atoms with Gasteiger partial charge in [0.25, 0.3) is 5.91 Å². The zero-order valence-electron chi connectivity index (χ0n) is 9.34. The molecular weight excluding hydrogens is 216 g/mol. The third kappa shape index (κ3) is 2.57. The average molecular weight is 228 g/mol. The lowest BCUT2D eigenvalue weighted by Gasteiger charge is -2.06. The molecule has 0 atom stereocenters. The molecule has 2 aromatic heterocycles. The molecule has 86 valence electrons. The van der Waals surface area contributed by atoms with Gasteiger partial charge in [-0.05, 0) is 31.2 Å². The Labute approximate surface area is 98.7 Å². The van der Waals surface area contributed by atoms with E-state index in [1.807, 2.05) is 0 Å². The summed E-state index contributed by atoms with van der Waals surface area (Å²) < 4.78 is 0. The van der Waals surface area contributed by atoms with Crippen molar-refractivity contribution in [2.45, 2.75) is 6.92 Å². The minimum Gasteiger partial charge on any atom is -0.397 e. The zero-order chi connectivity index (χ0) is 12.3. The molecule has 17 heavy (non-hydrogen) atoms. The fourth-order valence-corrected chi connectivity index (χ4v) is 1.39. The Morgan fingerprint density at radius 3 is 2.76 bits per heavy atom. The number of nitrogens with one attached hydrogen (secondary N) is 1. The van der Waals surface area contributed by atoms with Crippen molar-refractivity contribution < 1.29 is 4.79 Å². The van der Waals surface area contributed by atoms with Crippen molar-refractivity contribution in [3.8, 4) is 0 Å². The second kappa shape index (κ2) is 4.61. The van der Waals surface area contributed by atoms with E-state index in [1.54, 1.807) is 37.4 Å². The van der Waals surface area contributed by atoms with Gasteiger partial charge in [0.05, 0.1) is 17.4 Å². The molecule has 0 aliphatic rings. The number of nitrogens with zero attached hydrogens (tertiary/aromatic N) is 2. The number of aromatic nitrogens is 2. The van der Waals surface area contributed by atoms with Gasteiger partial charge in [0.1, 0.15) is 5.82 Å². The highest BCUT2D eigenvalue weighted by Gasteiger charge is 2.09. The quantitative estimate of drug-likeness (QED) is 0.818. The van der Waals surface area contributed by atoms with Gasteiger partial charge in [-0.3, -0.25) is 9.78 Å². The highest BCUT2D eigenvalue weighted by Crippen LogP contribution is 2.09. The van der Waals surface area contributed by atoms with E-state index in [9.17, 15) is 4.79 Å². The molecule has 0 bridgehead atoms. The number of pyridine rings is 2. The molecular formula is C12H12N4O. The number of amides is 1. The highest BCUT2D eigenvalue weighted by molar-refractivity contribution is 6.04. The van der Waals surface area contributed by atoms with Gasteiger partial charge in [-0.2, -0.15) is 0 Å². The topological polar surface area (TPSA) is 80.9 Å². The van der Waals surface area contributed by atoms with E-state index in [-0.39, 0.29) is 5.91 Å². The summed E-state index contributed by atoms with van der Waals surface area (Å²) in [5.41, 5.74) is 7.28. The number of nitrogen functional groups attached to an aromatic ring is 1. The molecule has 5 nitrogen and oxygen atoms in total. The number of aryl methyl sites for hydroxylation is 1. The minimum absolute atomic E-state index is 0.229. The fraction of sp³-hybridized carbons (Fsp3) is 0.0833. The normalized spacial score (nSPS) is 9.94. The molecule has 5 heteroatoms. The summed E-state index contributed by atoms with van der Waals surface area (Å²) in [4.78, 5) is 19.9. The van der Waals surface area contributed by atoms with Crippen LogP contribution in [-0.4, -0.2) is 15.9 Å². The van der Waals surface area contributed by atoms with Crippen LogP contribution in [0.3, 0.4) is 0 Å². The number of hydrogen-bond acceptors (Lipinski definition) is 4. The van der Waals surface area contributed by atoms with Crippen LogP contribution in [-0.2, 0) is 0 Å². The number of carbonyl (C=O) groups is 1. The molecule has 2 aromatic rings. The Morgan fingerprint density at radius 2 is 2.12 bits per heavy atom. The van der Waals surface area contributed by atoms with Crippen molar-refractivity contribution in [3.63, 3.8) is 0 Å². The first-order valence-corrected chi connectivity index (χ1v) is 5.11. The Balaban J connectivity index is 2.17. The third-order valence-electron chi connectivity index (χ3n) is 2.28. The molecule has 2 heterocycles. The van der Waals surface area contributed by atoms with Crippen molar-refractivity contribution in [1.82, 2.24) is 9.97 Å². The molecule has 3 N–H and O–H groups in total. The third-order valence-corrected chi connectivity index (χ3v) is 2.28. The van der Waals surface area contributed by atoms with Crippen LogP contribution in [0.1, 0.15) is 16.1 Å². The maximum atomic E-state index is 11.9. The van der Waals surface area contributed by atoms with Crippen LogP contribution in [0.25, 0.3) is 0 Å².